The topological polar surface area (TPSA) is 104 Å². The highest BCUT2D eigenvalue weighted by Crippen LogP contribution is 2.24. The van der Waals surface area contributed by atoms with E-state index in [9.17, 15) is 18.0 Å². The van der Waals surface area contributed by atoms with Crippen molar-refractivity contribution in [2.45, 2.75) is 24.8 Å². The minimum atomic E-state index is -3.85. The first-order chi connectivity index (χ1) is 12.7. The van der Waals surface area contributed by atoms with Gasteiger partial charge in [0.25, 0.3) is 15.9 Å². The van der Waals surface area contributed by atoms with Crippen LogP contribution in [-0.2, 0) is 14.8 Å². The molecule has 144 valence electrons. The molecule has 0 aliphatic rings. The number of anilines is 1. The Labute approximate surface area is 163 Å². The smallest absolute Gasteiger partial charge is 0.261 e. The Morgan fingerprint density at radius 3 is 2.30 bits per heavy atom. The molecule has 9 heteroatoms. The average molecular weight is 410 g/mol. The van der Waals surface area contributed by atoms with Crippen LogP contribution in [-0.4, -0.2) is 32.8 Å². The summed E-state index contributed by atoms with van der Waals surface area (Å²) < 4.78 is 27.3. The summed E-state index contributed by atoms with van der Waals surface area (Å²) in [7, 11) is -3.85. The maximum Gasteiger partial charge on any atom is 0.261 e. The van der Waals surface area contributed by atoms with Crippen LogP contribution in [0.1, 0.15) is 24.2 Å². The van der Waals surface area contributed by atoms with Crippen molar-refractivity contribution < 1.29 is 18.0 Å². The fourth-order valence-corrected chi connectivity index (χ4v) is 3.52. The molecule has 0 heterocycles. The fraction of sp³-hybridized carbons (Fsp3) is 0.222. The number of halogens is 1. The largest absolute Gasteiger partial charge is 0.355 e. The van der Waals surface area contributed by atoms with E-state index in [0.717, 1.165) is 0 Å². The van der Waals surface area contributed by atoms with E-state index in [0.29, 0.717) is 6.54 Å². The van der Waals surface area contributed by atoms with Gasteiger partial charge in [-0.1, -0.05) is 23.7 Å². The van der Waals surface area contributed by atoms with Crippen LogP contribution < -0.4 is 15.4 Å². The SMILES string of the molecule is CCNC(=O)[C@@H](C)NC(=O)c1ccc(S(=O)(=O)Nc2ccccc2Cl)cc1. The van der Waals surface area contributed by atoms with Crippen LogP contribution in [0.15, 0.2) is 53.4 Å². The van der Waals surface area contributed by atoms with Crippen molar-refractivity contribution in [1.82, 2.24) is 10.6 Å². The molecule has 0 saturated heterocycles. The van der Waals surface area contributed by atoms with E-state index >= 15 is 0 Å². The highest BCUT2D eigenvalue weighted by atomic mass is 35.5. The first-order valence-corrected chi connectivity index (χ1v) is 10.1. The molecule has 27 heavy (non-hydrogen) atoms. The third-order valence-electron chi connectivity index (χ3n) is 3.64. The van der Waals surface area contributed by atoms with Crippen molar-refractivity contribution in [3.8, 4) is 0 Å². The molecule has 0 aliphatic carbocycles. The van der Waals surface area contributed by atoms with Crippen molar-refractivity contribution in [3.05, 3.63) is 59.1 Å². The summed E-state index contributed by atoms with van der Waals surface area (Å²) in [6.45, 7) is 3.81. The Morgan fingerprint density at radius 1 is 1.07 bits per heavy atom. The Balaban J connectivity index is 2.11. The number of para-hydroxylation sites is 1. The summed E-state index contributed by atoms with van der Waals surface area (Å²) in [5, 5.41) is 5.43. The molecule has 2 aromatic rings. The fourth-order valence-electron chi connectivity index (χ4n) is 2.21. The van der Waals surface area contributed by atoms with Gasteiger partial charge in [-0.05, 0) is 50.2 Å². The van der Waals surface area contributed by atoms with E-state index in [4.69, 9.17) is 11.6 Å². The molecule has 0 aromatic heterocycles. The van der Waals surface area contributed by atoms with Crippen molar-refractivity contribution in [3.63, 3.8) is 0 Å². The number of hydrogen-bond acceptors (Lipinski definition) is 4. The average Bonchev–Trinajstić information content (AvgIpc) is 2.63. The summed E-state index contributed by atoms with van der Waals surface area (Å²) in [6, 6.07) is 11.1. The van der Waals surface area contributed by atoms with Crippen LogP contribution >= 0.6 is 11.6 Å². The van der Waals surface area contributed by atoms with E-state index in [1.807, 2.05) is 0 Å². The van der Waals surface area contributed by atoms with Gasteiger partial charge in [0, 0.05) is 12.1 Å². The predicted molar refractivity (Wildman–Crippen MR) is 104 cm³/mol. The van der Waals surface area contributed by atoms with Crippen LogP contribution in [0.2, 0.25) is 5.02 Å². The molecule has 0 bridgehead atoms. The first-order valence-electron chi connectivity index (χ1n) is 8.20. The second kappa shape index (κ2) is 8.88. The monoisotopic (exact) mass is 409 g/mol. The lowest BCUT2D eigenvalue weighted by Gasteiger charge is -2.14. The molecular weight excluding hydrogens is 390 g/mol. The number of amides is 2. The highest BCUT2D eigenvalue weighted by Gasteiger charge is 2.18. The van der Waals surface area contributed by atoms with Gasteiger partial charge in [0.2, 0.25) is 5.91 Å². The molecule has 1 atom stereocenters. The van der Waals surface area contributed by atoms with Gasteiger partial charge in [0.05, 0.1) is 15.6 Å². The molecule has 0 radical (unpaired) electrons. The summed E-state index contributed by atoms with van der Waals surface area (Å²) in [5.41, 5.74) is 0.500. The molecule has 7 nitrogen and oxygen atoms in total. The predicted octanol–water partition coefficient (Wildman–Crippen LogP) is 2.40. The maximum absolute atomic E-state index is 12.5. The molecule has 3 N–H and O–H groups in total. The number of carbonyl (C=O) groups excluding carboxylic acids is 2. The van der Waals surface area contributed by atoms with Crippen molar-refractivity contribution in [2.24, 2.45) is 0 Å². The quantitative estimate of drug-likeness (QED) is 0.653. The number of sulfonamides is 1. The third kappa shape index (κ3) is 5.45. The number of benzene rings is 2. The van der Waals surface area contributed by atoms with Crippen LogP contribution in [0.4, 0.5) is 5.69 Å². The van der Waals surface area contributed by atoms with E-state index in [2.05, 4.69) is 15.4 Å². The first kappa shape index (κ1) is 20.7. The minimum absolute atomic E-state index is 0.0178. The molecule has 2 rings (SSSR count). The van der Waals surface area contributed by atoms with E-state index in [1.54, 1.807) is 38.1 Å². The zero-order valence-corrected chi connectivity index (χ0v) is 16.4. The third-order valence-corrected chi connectivity index (χ3v) is 5.35. The molecule has 0 aliphatic heterocycles. The Hall–Kier alpha value is -2.58. The second-order valence-corrected chi connectivity index (χ2v) is 7.79. The van der Waals surface area contributed by atoms with Gasteiger partial charge in [0.1, 0.15) is 6.04 Å². The number of rotatable bonds is 7. The summed E-state index contributed by atoms with van der Waals surface area (Å²) in [4.78, 5) is 23.8. The highest BCUT2D eigenvalue weighted by molar-refractivity contribution is 7.92. The summed E-state index contributed by atoms with van der Waals surface area (Å²) >= 11 is 5.97. The summed E-state index contributed by atoms with van der Waals surface area (Å²) in [5.74, 6) is -0.772. The van der Waals surface area contributed by atoms with E-state index in [-0.39, 0.29) is 27.1 Å². The molecule has 2 amide bonds. The van der Waals surface area contributed by atoms with Gasteiger partial charge in [-0.15, -0.1) is 0 Å². The maximum atomic E-state index is 12.5. The molecule has 2 aromatic carbocycles. The van der Waals surface area contributed by atoms with Gasteiger partial charge in [0.15, 0.2) is 0 Å². The number of carbonyl (C=O) groups is 2. The van der Waals surface area contributed by atoms with Gasteiger partial charge >= 0.3 is 0 Å². The Bertz CT molecular complexity index is 930. The molecule has 0 fully saturated rings. The number of nitrogens with one attached hydrogen (secondary N) is 3. The van der Waals surface area contributed by atoms with Crippen LogP contribution in [0, 0.1) is 0 Å². The molecule has 0 unspecified atom stereocenters. The van der Waals surface area contributed by atoms with Crippen LogP contribution in [0.25, 0.3) is 0 Å². The minimum Gasteiger partial charge on any atom is -0.355 e. The van der Waals surface area contributed by atoms with E-state index < -0.39 is 22.0 Å². The Kier molecular flexibility index (Phi) is 6.81. The lowest BCUT2D eigenvalue weighted by atomic mass is 10.2. The van der Waals surface area contributed by atoms with Gasteiger partial charge < -0.3 is 10.6 Å². The standard InChI is InChI=1S/C18H20ClN3O4S/c1-3-20-17(23)12(2)21-18(24)13-8-10-14(11-9-13)27(25,26)22-16-7-5-4-6-15(16)19/h4-12,22H,3H2,1-2H3,(H,20,23)(H,21,24)/t12-/m1/s1. The molecule has 0 spiro atoms. The lowest BCUT2D eigenvalue weighted by molar-refractivity contribution is -0.122. The second-order valence-electron chi connectivity index (χ2n) is 5.70. The van der Waals surface area contributed by atoms with Crippen LogP contribution in [0.5, 0.6) is 0 Å². The van der Waals surface area contributed by atoms with Gasteiger partial charge in [-0.2, -0.15) is 0 Å². The normalized spacial score (nSPS) is 12.1. The number of likely N-dealkylation sites (N-methyl/N-ethyl adjacent to an activating group) is 1. The molecule has 0 saturated carbocycles. The molecular formula is C18H20ClN3O4S. The summed E-state index contributed by atoms with van der Waals surface area (Å²) in [6.07, 6.45) is 0. The van der Waals surface area contributed by atoms with Crippen LogP contribution in [0.3, 0.4) is 0 Å². The van der Waals surface area contributed by atoms with E-state index in [1.165, 1.54) is 24.3 Å². The Morgan fingerprint density at radius 2 is 1.70 bits per heavy atom. The lowest BCUT2D eigenvalue weighted by Crippen LogP contribution is -2.44. The van der Waals surface area contributed by atoms with Crippen molar-refractivity contribution >= 4 is 39.1 Å². The zero-order chi connectivity index (χ0) is 20.0. The van der Waals surface area contributed by atoms with Gasteiger partial charge in [-0.25, -0.2) is 8.42 Å². The van der Waals surface area contributed by atoms with Crippen molar-refractivity contribution in [1.29, 1.82) is 0 Å². The number of hydrogen-bond donors (Lipinski definition) is 3. The zero-order valence-electron chi connectivity index (χ0n) is 14.8. The van der Waals surface area contributed by atoms with Gasteiger partial charge in [-0.3, -0.25) is 14.3 Å². The van der Waals surface area contributed by atoms with Crippen molar-refractivity contribution in [2.75, 3.05) is 11.3 Å².